The zero-order chi connectivity index (χ0) is 28.6. The molecule has 0 aliphatic rings. The highest BCUT2D eigenvalue weighted by atomic mass is 35.5. The van der Waals surface area contributed by atoms with Crippen molar-refractivity contribution in [3.63, 3.8) is 0 Å². The average Bonchev–Trinajstić information content (AvgIpc) is 2.90. The van der Waals surface area contributed by atoms with Gasteiger partial charge < -0.3 is 39.0 Å². The van der Waals surface area contributed by atoms with Crippen LogP contribution in [0, 0.1) is 0 Å². The molecule has 0 radical (unpaired) electrons. The Morgan fingerprint density at radius 1 is 0.949 bits per heavy atom. The predicted octanol–water partition coefficient (Wildman–Crippen LogP) is 1.53. The fraction of sp³-hybridized carbons (Fsp3) is 0.480. The summed E-state index contributed by atoms with van der Waals surface area (Å²) in [5.41, 5.74) is -0.553. The number of hydrogen-bond acceptors (Lipinski definition) is 10. The Balaban J connectivity index is 1.41. The second-order valence-electron chi connectivity index (χ2n) is 8.10. The number of amides is 1. The normalized spacial score (nSPS) is 11.8. The van der Waals surface area contributed by atoms with E-state index in [-0.39, 0.29) is 73.0 Å². The van der Waals surface area contributed by atoms with E-state index < -0.39 is 23.5 Å². The molecule has 0 aliphatic carbocycles. The van der Waals surface area contributed by atoms with E-state index in [1.165, 1.54) is 23.9 Å². The summed E-state index contributed by atoms with van der Waals surface area (Å²) in [5.74, 6) is -1.15. The first-order chi connectivity index (χ1) is 18.7. The zero-order valence-electron chi connectivity index (χ0n) is 21.5. The molecule has 1 amide bonds. The maximum absolute atomic E-state index is 11.9. The van der Waals surface area contributed by atoms with Crippen LogP contribution in [0.2, 0.25) is 10.0 Å². The van der Waals surface area contributed by atoms with Crippen LogP contribution < -0.4 is 20.9 Å². The first kappa shape index (κ1) is 32.5. The van der Waals surface area contributed by atoms with Gasteiger partial charge in [-0.3, -0.25) is 19.7 Å². The minimum Gasteiger partial charge on any atom is -0.503 e. The van der Waals surface area contributed by atoms with E-state index >= 15 is 0 Å². The van der Waals surface area contributed by atoms with Gasteiger partial charge in [0.2, 0.25) is 5.91 Å². The monoisotopic (exact) mass is 589 g/mol. The fourth-order valence-electron chi connectivity index (χ4n) is 3.07. The molecule has 0 saturated heterocycles. The molecule has 0 fully saturated rings. The third-order valence-corrected chi connectivity index (χ3v) is 5.75. The van der Waals surface area contributed by atoms with Gasteiger partial charge in [-0.15, -0.1) is 0 Å². The smallest absolute Gasteiger partial charge is 0.313 e. The summed E-state index contributed by atoms with van der Waals surface area (Å²) < 4.78 is 22.4. The molecule has 216 valence electrons. The number of carbonyl (C=O) groups is 2. The lowest BCUT2D eigenvalue weighted by atomic mass is 10.2. The number of carbonyl (C=O) groups excluding carboxylic acids is 2. The highest BCUT2D eigenvalue weighted by Gasteiger charge is 2.15. The molecule has 14 heteroatoms. The number of hydrogen-bond donors (Lipinski definition) is 4. The number of esters is 1. The lowest BCUT2D eigenvalue weighted by Gasteiger charge is -2.15. The predicted molar refractivity (Wildman–Crippen MR) is 143 cm³/mol. The number of para-hydroxylation sites is 1. The molecule has 4 N–H and O–H groups in total. The van der Waals surface area contributed by atoms with E-state index in [2.05, 4.69) is 10.6 Å². The van der Waals surface area contributed by atoms with Crippen molar-refractivity contribution in [2.24, 2.45) is 7.05 Å². The van der Waals surface area contributed by atoms with E-state index in [0.717, 1.165) is 0 Å². The number of rotatable bonds is 18. The number of nitrogens with one attached hydrogen (secondary N) is 2. The molecular weight excluding hydrogens is 557 g/mol. The van der Waals surface area contributed by atoms with Gasteiger partial charge in [0.1, 0.15) is 6.23 Å². The molecule has 0 aliphatic heterocycles. The Morgan fingerprint density at radius 3 is 2.18 bits per heavy atom. The molecule has 2 aromatic rings. The van der Waals surface area contributed by atoms with Gasteiger partial charge in [-0.1, -0.05) is 29.3 Å². The van der Waals surface area contributed by atoms with Crippen LogP contribution in [0.4, 0.5) is 0 Å². The maximum Gasteiger partial charge on any atom is 0.313 e. The first-order valence-electron chi connectivity index (χ1n) is 12.1. The zero-order valence-corrected chi connectivity index (χ0v) is 23.0. The molecule has 0 bridgehead atoms. The highest BCUT2D eigenvalue weighted by molar-refractivity contribution is 6.37. The standard InChI is InChI=1S/C25H33Cl2N3O9/c1-30-10-5-17(22(33)25(30)35)24(34)29-9-8-28-20(31)6-11-36-13-15-38-16-14-37-12-7-21(32)39-23-18(26)3-2-4-19(23)27/h2-5,10,24,29,33-34H,6-9,11-16H2,1H3,(H,28,31). The van der Waals surface area contributed by atoms with Gasteiger partial charge in [0.25, 0.3) is 5.56 Å². The van der Waals surface area contributed by atoms with Crippen molar-refractivity contribution in [1.82, 2.24) is 15.2 Å². The van der Waals surface area contributed by atoms with Crippen molar-refractivity contribution in [3.8, 4) is 11.5 Å². The van der Waals surface area contributed by atoms with E-state index in [9.17, 15) is 24.6 Å². The molecule has 39 heavy (non-hydrogen) atoms. The molecule has 12 nitrogen and oxygen atoms in total. The van der Waals surface area contributed by atoms with E-state index in [1.807, 2.05) is 0 Å². The van der Waals surface area contributed by atoms with E-state index in [1.54, 1.807) is 18.2 Å². The van der Waals surface area contributed by atoms with Crippen LogP contribution >= 0.6 is 23.2 Å². The number of halogens is 2. The van der Waals surface area contributed by atoms with Gasteiger partial charge in [-0.05, 0) is 18.2 Å². The second kappa shape index (κ2) is 17.8. The van der Waals surface area contributed by atoms with Crippen molar-refractivity contribution < 1.29 is 38.7 Å². The molecule has 1 aromatic heterocycles. The van der Waals surface area contributed by atoms with Crippen molar-refractivity contribution in [1.29, 1.82) is 0 Å². The Bertz CT molecular complexity index is 1110. The number of aryl methyl sites for hydroxylation is 1. The molecule has 1 unspecified atom stereocenters. The second-order valence-corrected chi connectivity index (χ2v) is 8.92. The van der Waals surface area contributed by atoms with E-state index in [0.29, 0.717) is 19.8 Å². The van der Waals surface area contributed by atoms with E-state index in [4.69, 9.17) is 42.1 Å². The number of ether oxygens (including phenoxy) is 4. The van der Waals surface area contributed by atoms with Crippen molar-refractivity contribution >= 4 is 35.1 Å². The van der Waals surface area contributed by atoms with Crippen LogP contribution in [-0.4, -0.2) is 79.4 Å². The Hall–Kier alpha value is -2.71. The summed E-state index contributed by atoms with van der Waals surface area (Å²) in [6, 6.07) is 6.23. The van der Waals surface area contributed by atoms with Crippen LogP contribution in [0.25, 0.3) is 0 Å². The molecule has 1 atom stereocenters. The summed E-state index contributed by atoms with van der Waals surface area (Å²) in [5, 5.41) is 25.8. The molecule has 0 saturated carbocycles. The van der Waals surface area contributed by atoms with Gasteiger partial charge in [0, 0.05) is 38.3 Å². The minimum absolute atomic E-state index is 0.0290. The minimum atomic E-state index is -1.25. The van der Waals surface area contributed by atoms with Crippen LogP contribution in [0.1, 0.15) is 24.6 Å². The summed E-state index contributed by atoms with van der Waals surface area (Å²) in [6.45, 7) is 2.02. The lowest BCUT2D eigenvalue weighted by Crippen LogP contribution is -2.34. The summed E-state index contributed by atoms with van der Waals surface area (Å²) in [6.07, 6.45) is 0.364. The number of aliphatic hydroxyl groups is 1. The van der Waals surface area contributed by atoms with Crippen LogP contribution in [0.5, 0.6) is 11.5 Å². The fourth-order valence-corrected chi connectivity index (χ4v) is 3.54. The van der Waals surface area contributed by atoms with Crippen LogP contribution in [0.3, 0.4) is 0 Å². The summed E-state index contributed by atoms with van der Waals surface area (Å²) in [4.78, 5) is 35.4. The highest BCUT2D eigenvalue weighted by Crippen LogP contribution is 2.32. The molecule has 1 heterocycles. The lowest BCUT2D eigenvalue weighted by molar-refractivity contribution is -0.135. The largest absolute Gasteiger partial charge is 0.503 e. The van der Waals surface area contributed by atoms with Gasteiger partial charge >= 0.3 is 5.97 Å². The van der Waals surface area contributed by atoms with Crippen LogP contribution in [0.15, 0.2) is 35.3 Å². The molecule has 0 spiro atoms. The number of aromatic nitrogens is 1. The molecule has 1 aromatic carbocycles. The Labute approximate surface area is 235 Å². The van der Waals surface area contributed by atoms with Crippen molar-refractivity contribution in [2.75, 3.05) is 52.7 Å². The van der Waals surface area contributed by atoms with Gasteiger partial charge in [0.05, 0.1) is 56.1 Å². The number of pyridine rings is 1. The third-order valence-electron chi connectivity index (χ3n) is 5.16. The number of benzene rings is 1. The first-order valence-corrected chi connectivity index (χ1v) is 12.9. The van der Waals surface area contributed by atoms with Gasteiger partial charge in [0.15, 0.2) is 11.5 Å². The van der Waals surface area contributed by atoms with Crippen LogP contribution in [-0.2, 0) is 30.8 Å². The number of nitrogens with zero attached hydrogens (tertiary/aromatic N) is 1. The van der Waals surface area contributed by atoms with Gasteiger partial charge in [-0.25, -0.2) is 0 Å². The Morgan fingerprint density at radius 2 is 1.54 bits per heavy atom. The maximum atomic E-state index is 11.9. The van der Waals surface area contributed by atoms with Gasteiger partial charge in [-0.2, -0.15) is 0 Å². The molecule has 2 rings (SSSR count). The third kappa shape index (κ3) is 11.9. The van der Waals surface area contributed by atoms with Crippen molar-refractivity contribution in [3.05, 3.63) is 56.4 Å². The number of aliphatic hydroxyl groups excluding tert-OH is 1. The number of aromatic hydroxyl groups is 1. The summed E-state index contributed by atoms with van der Waals surface area (Å²) >= 11 is 11.9. The van der Waals surface area contributed by atoms with Crippen molar-refractivity contribution in [2.45, 2.75) is 19.1 Å². The SMILES string of the molecule is Cn1ccc(C(O)NCCNC(=O)CCOCCOCCOCCC(=O)Oc2c(Cl)cccc2Cl)c(O)c1=O. The summed E-state index contributed by atoms with van der Waals surface area (Å²) in [7, 11) is 1.49. The quantitative estimate of drug-likeness (QED) is 0.0869. The topological polar surface area (TPSA) is 158 Å². The average molecular weight is 590 g/mol. The molecular formula is C25H33Cl2N3O9. The Kier molecular flexibility index (Phi) is 14.8.